The second-order valence-corrected chi connectivity index (χ2v) is 6.40. The van der Waals surface area contributed by atoms with Crippen LogP contribution in [0.25, 0.3) is 0 Å². The smallest absolute Gasteiger partial charge is 0.0886 e. The van der Waals surface area contributed by atoms with Gasteiger partial charge in [-0.15, -0.1) is 0 Å². The van der Waals surface area contributed by atoms with Gasteiger partial charge in [0.05, 0.1) is 11.9 Å². The predicted molar refractivity (Wildman–Crippen MR) is 97.0 cm³/mol. The Morgan fingerprint density at radius 3 is 1.95 bits per heavy atom. The molecule has 0 radical (unpaired) electrons. The largest absolute Gasteiger partial charge is 0.513 e. The van der Waals surface area contributed by atoms with E-state index in [9.17, 15) is 10.2 Å². The fraction of sp³-hybridized carbons (Fsp3) is 0.600. The Morgan fingerprint density at radius 1 is 0.818 bits per heavy atom. The minimum atomic E-state index is -0.392. The van der Waals surface area contributed by atoms with Crippen LogP contribution in [0, 0.1) is 0 Å². The van der Waals surface area contributed by atoms with Crippen LogP contribution >= 0.6 is 0 Å². The Kier molecular flexibility index (Phi) is 11.6. The molecule has 126 valence electrons. The third kappa shape index (κ3) is 13.7. The molecule has 0 aromatic carbocycles. The summed E-state index contributed by atoms with van der Waals surface area (Å²) in [5.41, 5.74) is 3.92. The van der Waals surface area contributed by atoms with Crippen molar-refractivity contribution in [2.24, 2.45) is 0 Å². The van der Waals surface area contributed by atoms with E-state index < -0.39 is 6.10 Å². The van der Waals surface area contributed by atoms with Gasteiger partial charge in [0.2, 0.25) is 0 Å². The molecule has 0 spiro atoms. The number of aliphatic hydroxyl groups excluding tert-OH is 2. The van der Waals surface area contributed by atoms with Gasteiger partial charge in [0, 0.05) is 6.42 Å². The summed E-state index contributed by atoms with van der Waals surface area (Å²) in [5, 5.41) is 19.1. The van der Waals surface area contributed by atoms with Gasteiger partial charge in [0.1, 0.15) is 0 Å². The van der Waals surface area contributed by atoms with Crippen molar-refractivity contribution < 1.29 is 10.2 Å². The Labute approximate surface area is 137 Å². The van der Waals surface area contributed by atoms with Gasteiger partial charge < -0.3 is 10.2 Å². The fourth-order valence-corrected chi connectivity index (χ4v) is 2.22. The van der Waals surface area contributed by atoms with E-state index in [1.54, 1.807) is 6.92 Å². The first-order valence-corrected chi connectivity index (χ1v) is 8.33. The normalized spacial score (nSPS) is 14.9. The van der Waals surface area contributed by atoms with Crippen molar-refractivity contribution in [2.45, 2.75) is 79.2 Å². The van der Waals surface area contributed by atoms with Gasteiger partial charge >= 0.3 is 0 Å². The second kappa shape index (κ2) is 12.3. The Hall–Kier alpha value is -1.28. The van der Waals surface area contributed by atoms with Gasteiger partial charge in [-0.3, -0.25) is 0 Å². The number of allylic oxidation sites excluding steroid dienone is 7. The zero-order valence-electron chi connectivity index (χ0n) is 15.0. The molecule has 0 saturated heterocycles. The number of rotatable bonds is 10. The van der Waals surface area contributed by atoms with Crippen LogP contribution in [0.3, 0.4) is 0 Å². The van der Waals surface area contributed by atoms with Crippen LogP contribution in [0.2, 0.25) is 0 Å². The third-order valence-corrected chi connectivity index (χ3v) is 3.43. The lowest BCUT2D eigenvalue weighted by molar-refractivity contribution is 0.243. The Bertz CT molecular complexity index is 419. The van der Waals surface area contributed by atoms with E-state index in [4.69, 9.17) is 0 Å². The molecule has 0 amide bonds. The Morgan fingerprint density at radius 2 is 1.36 bits per heavy atom. The summed E-state index contributed by atoms with van der Waals surface area (Å²) in [4.78, 5) is 0. The monoisotopic (exact) mass is 306 g/mol. The van der Waals surface area contributed by atoms with Gasteiger partial charge in [-0.25, -0.2) is 0 Å². The lowest BCUT2D eigenvalue weighted by atomic mass is 10.1. The van der Waals surface area contributed by atoms with Crippen molar-refractivity contribution in [3.8, 4) is 0 Å². The van der Waals surface area contributed by atoms with Crippen molar-refractivity contribution >= 4 is 0 Å². The molecule has 0 heterocycles. The van der Waals surface area contributed by atoms with Gasteiger partial charge in [0.15, 0.2) is 0 Å². The van der Waals surface area contributed by atoms with Crippen LogP contribution in [0.5, 0.6) is 0 Å². The molecule has 0 saturated carbocycles. The molecule has 0 aliphatic rings. The number of aliphatic hydroxyl groups is 2. The van der Waals surface area contributed by atoms with Crippen LogP contribution in [-0.4, -0.2) is 16.3 Å². The van der Waals surface area contributed by atoms with Gasteiger partial charge in [-0.2, -0.15) is 0 Å². The molecule has 0 aliphatic carbocycles. The summed E-state index contributed by atoms with van der Waals surface area (Å²) >= 11 is 0. The van der Waals surface area contributed by atoms with Crippen LogP contribution < -0.4 is 0 Å². The van der Waals surface area contributed by atoms with E-state index in [1.165, 1.54) is 11.1 Å². The highest BCUT2D eigenvalue weighted by atomic mass is 16.3. The maximum absolute atomic E-state index is 9.86. The molecule has 22 heavy (non-hydrogen) atoms. The SMILES string of the molecule is CC(C)=CCCC(C)=CCCC(O)=CCCC(C)=CC(C)O. The van der Waals surface area contributed by atoms with Crippen LogP contribution in [0.1, 0.15) is 73.1 Å². The van der Waals surface area contributed by atoms with Gasteiger partial charge in [-0.1, -0.05) is 34.9 Å². The summed E-state index contributed by atoms with van der Waals surface area (Å²) in [7, 11) is 0. The third-order valence-electron chi connectivity index (χ3n) is 3.43. The maximum Gasteiger partial charge on any atom is 0.0886 e. The average Bonchev–Trinajstić information content (AvgIpc) is 2.37. The molecule has 0 rings (SSSR count). The summed E-state index contributed by atoms with van der Waals surface area (Å²) in [6, 6.07) is 0. The zero-order valence-corrected chi connectivity index (χ0v) is 15.0. The van der Waals surface area contributed by atoms with Crippen molar-refractivity contribution in [3.05, 3.63) is 46.8 Å². The zero-order chi connectivity index (χ0) is 17.0. The predicted octanol–water partition coefficient (Wildman–Crippen LogP) is 6.01. The number of hydrogen-bond acceptors (Lipinski definition) is 2. The summed E-state index contributed by atoms with van der Waals surface area (Å²) in [5.74, 6) is 0.471. The molecule has 0 bridgehead atoms. The quantitative estimate of drug-likeness (QED) is 0.383. The van der Waals surface area contributed by atoms with Crippen molar-refractivity contribution in [2.75, 3.05) is 0 Å². The van der Waals surface area contributed by atoms with Crippen molar-refractivity contribution in [3.63, 3.8) is 0 Å². The highest BCUT2D eigenvalue weighted by Crippen LogP contribution is 2.12. The minimum absolute atomic E-state index is 0.392. The van der Waals surface area contributed by atoms with E-state index in [2.05, 4.69) is 32.9 Å². The molecule has 1 atom stereocenters. The summed E-state index contributed by atoms with van der Waals surface area (Å²) < 4.78 is 0. The molecular weight excluding hydrogens is 272 g/mol. The fourth-order valence-electron chi connectivity index (χ4n) is 2.22. The first kappa shape index (κ1) is 20.7. The Balaban J connectivity index is 3.99. The second-order valence-electron chi connectivity index (χ2n) is 6.40. The molecule has 2 heteroatoms. The van der Waals surface area contributed by atoms with Gasteiger partial charge in [-0.05, 0) is 72.8 Å². The van der Waals surface area contributed by atoms with Gasteiger partial charge in [0.25, 0.3) is 0 Å². The lowest BCUT2D eigenvalue weighted by Gasteiger charge is -2.02. The van der Waals surface area contributed by atoms with Crippen molar-refractivity contribution in [1.29, 1.82) is 0 Å². The van der Waals surface area contributed by atoms with E-state index in [-0.39, 0.29) is 0 Å². The molecule has 2 nitrogen and oxygen atoms in total. The minimum Gasteiger partial charge on any atom is -0.513 e. The summed E-state index contributed by atoms with van der Waals surface area (Å²) in [6.07, 6.45) is 13.3. The van der Waals surface area contributed by atoms with Crippen LogP contribution in [0.4, 0.5) is 0 Å². The number of hydrogen-bond donors (Lipinski definition) is 2. The van der Waals surface area contributed by atoms with E-state index in [1.807, 2.05) is 19.1 Å². The summed E-state index contributed by atoms with van der Waals surface area (Å²) in [6.45, 7) is 10.2. The molecular formula is C20H34O2. The lowest BCUT2D eigenvalue weighted by Crippen LogP contribution is -1.94. The molecule has 0 aromatic heterocycles. The average molecular weight is 306 g/mol. The van der Waals surface area contributed by atoms with E-state index in [0.717, 1.165) is 37.7 Å². The first-order valence-electron chi connectivity index (χ1n) is 8.33. The highest BCUT2D eigenvalue weighted by Gasteiger charge is 1.96. The molecule has 2 N–H and O–H groups in total. The highest BCUT2D eigenvalue weighted by molar-refractivity contribution is 5.05. The molecule has 0 fully saturated rings. The van der Waals surface area contributed by atoms with Crippen LogP contribution in [0.15, 0.2) is 46.8 Å². The molecule has 0 aliphatic heterocycles. The van der Waals surface area contributed by atoms with E-state index >= 15 is 0 Å². The standard InChI is InChI=1S/C20H34O2/c1-16(2)9-6-10-17(3)11-7-13-20(22)14-8-12-18(4)15-19(5)21/h9,11,14-15,19,21-22H,6-8,10,12-13H2,1-5H3. The van der Waals surface area contributed by atoms with Crippen LogP contribution in [-0.2, 0) is 0 Å². The first-order chi connectivity index (χ1) is 10.3. The topological polar surface area (TPSA) is 40.5 Å². The maximum atomic E-state index is 9.86. The molecule has 1 unspecified atom stereocenters. The molecule has 0 aromatic rings. The van der Waals surface area contributed by atoms with E-state index in [0.29, 0.717) is 12.2 Å². The van der Waals surface area contributed by atoms with Crippen molar-refractivity contribution in [1.82, 2.24) is 0 Å².